The number of benzene rings is 1. The van der Waals surface area contributed by atoms with Crippen LogP contribution >= 0.6 is 0 Å². The van der Waals surface area contributed by atoms with Crippen molar-refractivity contribution in [2.24, 2.45) is 0 Å². The predicted molar refractivity (Wildman–Crippen MR) is 135 cm³/mol. The quantitative estimate of drug-likeness (QED) is 0.402. The molecule has 1 aliphatic rings. The third kappa shape index (κ3) is 3.50. The van der Waals surface area contributed by atoms with Crippen LogP contribution < -0.4 is 15.9 Å². The number of aromatic amines is 1. The number of rotatable bonds is 5. The van der Waals surface area contributed by atoms with Gasteiger partial charge in [0.2, 0.25) is 5.95 Å². The summed E-state index contributed by atoms with van der Waals surface area (Å²) < 4.78 is 3.97. The summed E-state index contributed by atoms with van der Waals surface area (Å²) in [6.45, 7) is 4.33. The second-order valence-electron chi connectivity index (χ2n) is 8.63. The molecule has 11 heteroatoms. The Morgan fingerprint density at radius 3 is 2.60 bits per heavy atom. The zero-order chi connectivity index (χ0) is 23.9. The zero-order valence-corrected chi connectivity index (χ0v) is 19.6. The molecule has 5 heterocycles. The fourth-order valence-electron chi connectivity index (χ4n) is 5.02. The molecule has 4 aromatic heterocycles. The van der Waals surface area contributed by atoms with Gasteiger partial charge in [-0.3, -0.25) is 4.57 Å². The number of H-pyrrole nitrogens is 1. The van der Waals surface area contributed by atoms with E-state index in [1.165, 1.54) is 0 Å². The van der Waals surface area contributed by atoms with Crippen LogP contribution in [0.5, 0.6) is 0 Å². The van der Waals surface area contributed by atoms with Gasteiger partial charge in [0.05, 0.1) is 16.6 Å². The van der Waals surface area contributed by atoms with Crippen molar-refractivity contribution in [2.75, 3.05) is 30.4 Å². The molecule has 0 radical (unpaired) electrons. The number of aryl methyl sites for hydroxylation is 1. The van der Waals surface area contributed by atoms with E-state index in [2.05, 4.69) is 46.6 Å². The monoisotopic (exact) mass is 470 g/mol. The maximum absolute atomic E-state index is 12.7. The molecule has 0 amide bonds. The van der Waals surface area contributed by atoms with E-state index in [0.29, 0.717) is 12.5 Å². The topological polar surface area (TPSA) is 122 Å². The first-order chi connectivity index (χ1) is 17.2. The van der Waals surface area contributed by atoms with Gasteiger partial charge in [-0.15, -0.1) is 0 Å². The Bertz CT molecular complexity index is 1560. The van der Waals surface area contributed by atoms with Gasteiger partial charge in [0, 0.05) is 45.1 Å². The minimum absolute atomic E-state index is 0.0492. The van der Waals surface area contributed by atoms with Gasteiger partial charge in [-0.05, 0) is 31.9 Å². The van der Waals surface area contributed by atoms with Crippen LogP contribution in [0.15, 0.2) is 47.8 Å². The van der Waals surface area contributed by atoms with Crippen LogP contribution in [-0.4, -0.2) is 59.2 Å². The zero-order valence-electron chi connectivity index (χ0n) is 19.6. The molecule has 1 saturated heterocycles. The Labute approximate surface area is 200 Å². The van der Waals surface area contributed by atoms with Crippen LogP contribution in [0.1, 0.15) is 25.8 Å². The van der Waals surface area contributed by atoms with Crippen molar-refractivity contribution < 1.29 is 0 Å². The van der Waals surface area contributed by atoms with Crippen LogP contribution in [0.4, 0.5) is 11.8 Å². The molecular weight excluding hydrogens is 444 g/mol. The second kappa shape index (κ2) is 8.49. The average molecular weight is 471 g/mol. The van der Waals surface area contributed by atoms with Crippen LogP contribution in [0.2, 0.25) is 0 Å². The Morgan fingerprint density at radius 2 is 1.86 bits per heavy atom. The van der Waals surface area contributed by atoms with Gasteiger partial charge in [0.15, 0.2) is 17.0 Å². The molecule has 0 atom stereocenters. The normalized spacial score (nSPS) is 14.7. The second-order valence-corrected chi connectivity index (χ2v) is 8.63. The van der Waals surface area contributed by atoms with Crippen molar-refractivity contribution in [3.05, 3.63) is 53.5 Å². The van der Waals surface area contributed by atoms with Crippen LogP contribution in [-0.2, 0) is 6.54 Å². The summed E-state index contributed by atoms with van der Waals surface area (Å²) in [4.78, 5) is 40.7. The smallest absolute Gasteiger partial charge is 0.326 e. The molecule has 6 rings (SSSR count). The largest absolute Gasteiger partial charge is 0.357 e. The number of para-hydroxylation sites is 2. The Kier molecular flexibility index (Phi) is 5.16. The predicted octanol–water partition coefficient (Wildman–Crippen LogP) is 2.83. The molecule has 2 N–H and O–H groups in total. The minimum Gasteiger partial charge on any atom is -0.357 e. The van der Waals surface area contributed by atoms with E-state index in [0.717, 1.165) is 65.3 Å². The molecule has 0 bridgehead atoms. The van der Waals surface area contributed by atoms with E-state index in [-0.39, 0.29) is 11.7 Å². The average Bonchev–Trinajstić information content (AvgIpc) is 3.45. The molecule has 178 valence electrons. The summed E-state index contributed by atoms with van der Waals surface area (Å²) in [6.07, 6.45) is 6.82. The molecule has 0 spiro atoms. The number of anilines is 2. The standard InChI is InChI=1S/C24H26N10O/c1-3-33-20(15-12-26-23(25-2)27-13-15)31-19-21(28-14-29-22(19)33)32-10-8-16(9-11-32)34-18-7-5-4-6-17(18)30-24(34)35/h4-7,12-14,16H,3,8-11H2,1-2H3,(H,30,35)(H,25,26,27). The summed E-state index contributed by atoms with van der Waals surface area (Å²) in [5.74, 6) is 2.15. The molecule has 0 saturated carbocycles. The van der Waals surface area contributed by atoms with Crippen molar-refractivity contribution in [1.29, 1.82) is 0 Å². The molecule has 5 aromatic rings. The first kappa shape index (κ1) is 21.3. The van der Waals surface area contributed by atoms with E-state index in [1.807, 2.05) is 28.8 Å². The summed E-state index contributed by atoms with van der Waals surface area (Å²) >= 11 is 0. The number of nitrogens with one attached hydrogen (secondary N) is 2. The first-order valence-electron chi connectivity index (χ1n) is 11.8. The van der Waals surface area contributed by atoms with Gasteiger partial charge >= 0.3 is 5.69 Å². The maximum Gasteiger partial charge on any atom is 0.326 e. The first-order valence-corrected chi connectivity index (χ1v) is 11.8. The lowest BCUT2D eigenvalue weighted by molar-refractivity contribution is 0.395. The molecule has 0 unspecified atom stereocenters. The van der Waals surface area contributed by atoms with Gasteiger partial charge in [0.1, 0.15) is 12.2 Å². The van der Waals surface area contributed by atoms with Gasteiger partial charge in [-0.1, -0.05) is 12.1 Å². The van der Waals surface area contributed by atoms with Crippen molar-refractivity contribution >= 4 is 34.0 Å². The highest BCUT2D eigenvalue weighted by atomic mass is 16.1. The Balaban J connectivity index is 1.32. The summed E-state index contributed by atoms with van der Waals surface area (Å²) in [5, 5.41) is 2.94. The molecule has 11 nitrogen and oxygen atoms in total. The molecule has 1 aliphatic heterocycles. The highest BCUT2D eigenvalue weighted by molar-refractivity contribution is 5.87. The summed E-state index contributed by atoms with van der Waals surface area (Å²) in [7, 11) is 1.79. The van der Waals surface area contributed by atoms with E-state index >= 15 is 0 Å². The summed E-state index contributed by atoms with van der Waals surface area (Å²) in [5.41, 5.74) is 4.17. The number of piperidine rings is 1. The van der Waals surface area contributed by atoms with Crippen LogP contribution in [0, 0.1) is 0 Å². The van der Waals surface area contributed by atoms with Crippen molar-refractivity contribution in [3.8, 4) is 11.4 Å². The van der Waals surface area contributed by atoms with Crippen LogP contribution in [0.25, 0.3) is 33.6 Å². The third-order valence-electron chi connectivity index (χ3n) is 6.72. The number of hydrogen-bond acceptors (Lipinski definition) is 8. The van der Waals surface area contributed by atoms with E-state index < -0.39 is 0 Å². The highest BCUT2D eigenvalue weighted by Crippen LogP contribution is 2.32. The fraction of sp³-hybridized carbons (Fsp3) is 0.333. The lowest BCUT2D eigenvalue weighted by Crippen LogP contribution is -2.37. The van der Waals surface area contributed by atoms with Crippen molar-refractivity contribution in [1.82, 2.24) is 39.0 Å². The lowest BCUT2D eigenvalue weighted by atomic mass is 10.0. The number of nitrogens with zero attached hydrogens (tertiary/aromatic N) is 8. The van der Waals surface area contributed by atoms with E-state index in [4.69, 9.17) is 4.98 Å². The number of aromatic nitrogens is 8. The molecule has 0 aliphatic carbocycles. The van der Waals surface area contributed by atoms with Crippen LogP contribution in [0.3, 0.4) is 0 Å². The van der Waals surface area contributed by atoms with Gasteiger partial charge < -0.3 is 19.8 Å². The summed E-state index contributed by atoms with van der Waals surface area (Å²) in [6, 6.07) is 7.99. The lowest BCUT2D eigenvalue weighted by Gasteiger charge is -2.33. The Hall–Kier alpha value is -4.28. The SMILES string of the molecule is CCn1c(-c2cnc(NC)nc2)nc2c(N3CCC(n4c(=O)[nH]c5ccccc54)CC3)ncnc21. The number of hydrogen-bond donors (Lipinski definition) is 2. The van der Waals surface area contributed by atoms with Gasteiger partial charge in [-0.2, -0.15) is 0 Å². The van der Waals surface area contributed by atoms with Gasteiger partial charge in [-0.25, -0.2) is 29.7 Å². The molecule has 1 aromatic carbocycles. The molecular formula is C24H26N10O. The van der Waals surface area contributed by atoms with Gasteiger partial charge in [0.25, 0.3) is 0 Å². The number of imidazole rings is 2. The fourth-order valence-corrected chi connectivity index (χ4v) is 5.02. The van der Waals surface area contributed by atoms with E-state index in [9.17, 15) is 4.79 Å². The minimum atomic E-state index is -0.0492. The third-order valence-corrected chi connectivity index (χ3v) is 6.72. The highest BCUT2D eigenvalue weighted by Gasteiger charge is 2.27. The maximum atomic E-state index is 12.7. The number of fused-ring (bicyclic) bond motifs is 2. The van der Waals surface area contributed by atoms with Crippen molar-refractivity contribution in [2.45, 2.75) is 32.4 Å². The molecule has 1 fully saturated rings. The van der Waals surface area contributed by atoms with E-state index in [1.54, 1.807) is 25.8 Å². The van der Waals surface area contributed by atoms with Crippen molar-refractivity contribution in [3.63, 3.8) is 0 Å². The Morgan fingerprint density at radius 1 is 1.09 bits per heavy atom. The molecule has 35 heavy (non-hydrogen) atoms.